The Hall–Kier alpha value is -3.89. The van der Waals surface area contributed by atoms with Crippen molar-refractivity contribution in [2.75, 3.05) is 20.7 Å². The van der Waals surface area contributed by atoms with Gasteiger partial charge in [-0.15, -0.1) is 0 Å². The van der Waals surface area contributed by atoms with Crippen LogP contribution in [-0.4, -0.2) is 45.2 Å². The predicted molar refractivity (Wildman–Crippen MR) is 131 cm³/mol. The van der Waals surface area contributed by atoms with E-state index < -0.39 is 21.8 Å². The molecule has 0 aliphatic rings. The van der Waals surface area contributed by atoms with Crippen LogP contribution in [0.3, 0.4) is 0 Å². The maximum atomic E-state index is 12.4. The van der Waals surface area contributed by atoms with E-state index in [2.05, 4.69) is 10.9 Å². The van der Waals surface area contributed by atoms with Crippen LogP contribution in [0.1, 0.15) is 33.2 Å². The predicted octanol–water partition coefficient (Wildman–Crippen LogP) is 2.99. The van der Waals surface area contributed by atoms with Gasteiger partial charge in [-0.1, -0.05) is 12.1 Å². The number of amides is 2. The van der Waals surface area contributed by atoms with Crippen LogP contribution in [0.4, 0.5) is 0 Å². The Morgan fingerprint density at radius 3 is 1.66 bits per heavy atom. The van der Waals surface area contributed by atoms with Crippen LogP contribution in [0, 0.1) is 0 Å². The molecule has 0 saturated carbocycles. The van der Waals surface area contributed by atoms with Crippen molar-refractivity contribution in [2.45, 2.75) is 18.4 Å². The molecule has 35 heavy (non-hydrogen) atoms. The Morgan fingerprint density at radius 2 is 1.20 bits per heavy atom. The lowest BCUT2D eigenvalue weighted by molar-refractivity contribution is 0.0846. The first-order valence-electron chi connectivity index (χ1n) is 10.8. The highest BCUT2D eigenvalue weighted by atomic mass is 32.2. The van der Waals surface area contributed by atoms with Crippen molar-refractivity contribution in [3.63, 3.8) is 0 Å². The summed E-state index contributed by atoms with van der Waals surface area (Å²) in [6.45, 7) is 2.84. The summed E-state index contributed by atoms with van der Waals surface area (Å²) in [6, 6.07) is 19.5. The van der Waals surface area contributed by atoms with E-state index in [0.717, 1.165) is 15.6 Å². The second-order valence-corrected chi connectivity index (χ2v) is 9.76. The number of benzene rings is 3. The third-order valence-corrected chi connectivity index (χ3v) is 6.77. The molecule has 10 heteroatoms. The molecule has 184 valence electrons. The van der Waals surface area contributed by atoms with Crippen molar-refractivity contribution in [1.82, 2.24) is 15.2 Å². The Labute approximate surface area is 204 Å². The van der Waals surface area contributed by atoms with Gasteiger partial charge < -0.3 is 9.47 Å². The number of ether oxygens (including phenoxy) is 2. The minimum atomic E-state index is -3.59. The van der Waals surface area contributed by atoms with Gasteiger partial charge in [0, 0.05) is 25.2 Å². The average molecular weight is 498 g/mol. The van der Waals surface area contributed by atoms with Crippen molar-refractivity contribution >= 4 is 21.8 Å². The highest BCUT2D eigenvalue weighted by molar-refractivity contribution is 7.89. The number of rotatable bonds is 9. The first-order valence-corrected chi connectivity index (χ1v) is 12.2. The van der Waals surface area contributed by atoms with E-state index in [1.807, 2.05) is 31.2 Å². The molecule has 0 atom stereocenters. The van der Waals surface area contributed by atoms with Crippen LogP contribution < -0.4 is 20.3 Å². The molecule has 0 saturated heterocycles. The van der Waals surface area contributed by atoms with Gasteiger partial charge in [-0.05, 0) is 73.2 Å². The van der Waals surface area contributed by atoms with E-state index in [1.165, 1.54) is 38.4 Å². The van der Waals surface area contributed by atoms with Crippen molar-refractivity contribution in [3.8, 4) is 11.5 Å². The molecule has 0 aromatic heterocycles. The molecular formula is C25H27N3O6S. The fourth-order valence-corrected chi connectivity index (χ4v) is 3.87. The fraction of sp³-hybridized carbons (Fsp3) is 0.200. The fourth-order valence-electron chi connectivity index (χ4n) is 2.96. The van der Waals surface area contributed by atoms with E-state index in [4.69, 9.17) is 9.47 Å². The molecule has 2 amide bonds. The van der Waals surface area contributed by atoms with Crippen LogP contribution in [0.5, 0.6) is 11.5 Å². The largest absolute Gasteiger partial charge is 0.494 e. The zero-order valence-corrected chi connectivity index (χ0v) is 20.5. The van der Waals surface area contributed by atoms with Crippen LogP contribution in [0.15, 0.2) is 77.7 Å². The van der Waals surface area contributed by atoms with E-state index >= 15 is 0 Å². The Kier molecular flexibility index (Phi) is 8.45. The molecule has 0 spiro atoms. The smallest absolute Gasteiger partial charge is 0.269 e. The Bertz CT molecular complexity index is 1260. The maximum absolute atomic E-state index is 12.4. The summed E-state index contributed by atoms with van der Waals surface area (Å²) in [5.74, 6) is 0.401. The summed E-state index contributed by atoms with van der Waals surface area (Å²) in [5, 5.41) is 0. The molecule has 9 nitrogen and oxygen atoms in total. The standard InChI is InChI=1S/C25H27N3O6S/c1-4-33-21-11-13-22(14-12-21)34-17-18-5-7-19(8-6-18)24(29)26-27-25(30)20-9-15-23(16-10-20)35(31,32)28(2)3/h5-16H,4,17H2,1-3H3,(H,26,29)(H,27,30). The number of hydrazine groups is 1. The van der Waals surface area contributed by atoms with Gasteiger partial charge in [-0.3, -0.25) is 20.4 Å². The number of hydrogen-bond donors (Lipinski definition) is 2. The summed E-state index contributed by atoms with van der Waals surface area (Å²) in [6.07, 6.45) is 0. The molecular weight excluding hydrogens is 470 g/mol. The van der Waals surface area contributed by atoms with Gasteiger partial charge in [0.05, 0.1) is 11.5 Å². The van der Waals surface area contributed by atoms with E-state index in [0.29, 0.717) is 24.5 Å². The lowest BCUT2D eigenvalue weighted by atomic mass is 10.1. The number of nitrogens with one attached hydrogen (secondary N) is 2. The number of nitrogens with zero attached hydrogens (tertiary/aromatic N) is 1. The van der Waals surface area contributed by atoms with Crippen molar-refractivity contribution in [2.24, 2.45) is 0 Å². The zero-order chi connectivity index (χ0) is 25.4. The van der Waals surface area contributed by atoms with Crippen LogP contribution in [0.2, 0.25) is 0 Å². The molecule has 0 aliphatic heterocycles. The number of hydrogen-bond acceptors (Lipinski definition) is 6. The lowest BCUT2D eigenvalue weighted by Gasteiger charge is -2.12. The van der Waals surface area contributed by atoms with Crippen LogP contribution in [-0.2, 0) is 16.6 Å². The second kappa shape index (κ2) is 11.5. The summed E-state index contributed by atoms with van der Waals surface area (Å²) >= 11 is 0. The van der Waals surface area contributed by atoms with Gasteiger partial charge in [0.25, 0.3) is 11.8 Å². The van der Waals surface area contributed by atoms with E-state index in [9.17, 15) is 18.0 Å². The minimum absolute atomic E-state index is 0.0645. The first-order chi connectivity index (χ1) is 16.7. The first kappa shape index (κ1) is 25.7. The highest BCUT2D eigenvalue weighted by Gasteiger charge is 2.17. The van der Waals surface area contributed by atoms with E-state index in [-0.39, 0.29) is 10.5 Å². The molecule has 0 fully saturated rings. The van der Waals surface area contributed by atoms with Gasteiger partial charge in [0.15, 0.2) is 0 Å². The van der Waals surface area contributed by atoms with Gasteiger partial charge >= 0.3 is 0 Å². The molecule has 0 radical (unpaired) electrons. The zero-order valence-electron chi connectivity index (χ0n) is 19.6. The molecule has 0 heterocycles. The molecule has 3 aromatic carbocycles. The summed E-state index contributed by atoms with van der Waals surface area (Å²) in [4.78, 5) is 24.7. The number of carbonyl (C=O) groups excluding carboxylic acids is 2. The monoisotopic (exact) mass is 497 g/mol. The Balaban J connectivity index is 1.50. The number of carbonyl (C=O) groups is 2. The van der Waals surface area contributed by atoms with Gasteiger partial charge in [-0.25, -0.2) is 12.7 Å². The topological polar surface area (TPSA) is 114 Å². The third-order valence-electron chi connectivity index (χ3n) is 4.94. The number of sulfonamides is 1. The van der Waals surface area contributed by atoms with Gasteiger partial charge in [0.2, 0.25) is 10.0 Å². The molecule has 0 unspecified atom stereocenters. The molecule has 3 aromatic rings. The van der Waals surface area contributed by atoms with Crippen LogP contribution >= 0.6 is 0 Å². The maximum Gasteiger partial charge on any atom is 0.269 e. The average Bonchev–Trinajstić information content (AvgIpc) is 2.87. The third kappa shape index (κ3) is 6.81. The van der Waals surface area contributed by atoms with Crippen LogP contribution in [0.25, 0.3) is 0 Å². The normalized spacial score (nSPS) is 11.1. The van der Waals surface area contributed by atoms with E-state index in [1.54, 1.807) is 24.3 Å². The molecule has 0 bridgehead atoms. The quantitative estimate of drug-likeness (QED) is 0.440. The highest BCUT2D eigenvalue weighted by Crippen LogP contribution is 2.19. The summed E-state index contributed by atoms with van der Waals surface area (Å²) in [5.41, 5.74) is 6.08. The SMILES string of the molecule is CCOc1ccc(OCc2ccc(C(=O)NNC(=O)c3ccc(S(=O)(=O)N(C)C)cc3)cc2)cc1. The van der Waals surface area contributed by atoms with Gasteiger partial charge in [0.1, 0.15) is 18.1 Å². The lowest BCUT2D eigenvalue weighted by Crippen LogP contribution is -2.41. The molecule has 3 rings (SSSR count). The molecule has 2 N–H and O–H groups in total. The van der Waals surface area contributed by atoms with Crippen molar-refractivity contribution < 1.29 is 27.5 Å². The minimum Gasteiger partial charge on any atom is -0.494 e. The van der Waals surface area contributed by atoms with Crippen molar-refractivity contribution in [1.29, 1.82) is 0 Å². The summed E-state index contributed by atoms with van der Waals surface area (Å²) in [7, 11) is -0.744. The van der Waals surface area contributed by atoms with Gasteiger partial charge in [-0.2, -0.15) is 0 Å². The molecule has 0 aliphatic carbocycles. The Morgan fingerprint density at radius 1 is 0.743 bits per heavy atom. The summed E-state index contributed by atoms with van der Waals surface area (Å²) < 4.78 is 36.5. The van der Waals surface area contributed by atoms with Crippen molar-refractivity contribution in [3.05, 3.63) is 89.5 Å². The second-order valence-electron chi connectivity index (χ2n) is 7.61.